The number of carbonyl (C=O) groups is 1. The quantitative estimate of drug-likeness (QED) is 0.663. The van der Waals surface area contributed by atoms with E-state index in [1.165, 1.54) is 0 Å². The summed E-state index contributed by atoms with van der Waals surface area (Å²) >= 11 is 0. The lowest BCUT2D eigenvalue weighted by Gasteiger charge is -2.11. The molecule has 1 aliphatic rings. The maximum absolute atomic E-state index is 11.5. The fourth-order valence-electron chi connectivity index (χ4n) is 1.97. The third kappa shape index (κ3) is 0.775. The SMILES string of the molecule is Cn1nc2c3c(cccc31)C(=O)NC2. The zero-order valence-electron chi connectivity index (χ0n) is 7.74. The Labute approximate surface area is 80.5 Å². The summed E-state index contributed by atoms with van der Waals surface area (Å²) in [6.45, 7) is 0.535. The number of benzene rings is 1. The number of nitrogens with one attached hydrogen (secondary N) is 1. The summed E-state index contributed by atoms with van der Waals surface area (Å²) in [4.78, 5) is 11.5. The molecule has 4 nitrogen and oxygen atoms in total. The van der Waals surface area contributed by atoms with Crippen LogP contribution in [0, 0.1) is 0 Å². The van der Waals surface area contributed by atoms with Gasteiger partial charge >= 0.3 is 0 Å². The third-order valence-electron chi connectivity index (χ3n) is 2.61. The van der Waals surface area contributed by atoms with Gasteiger partial charge in [-0.3, -0.25) is 9.48 Å². The third-order valence-corrected chi connectivity index (χ3v) is 2.61. The van der Waals surface area contributed by atoms with E-state index in [9.17, 15) is 4.79 Å². The molecule has 1 aromatic carbocycles. The highest BCUT2D eigenvalue weighted by Gasteiger charge is 2.21. The van der Waals surface area contributed by atoms with Crippen LogP contribution in [0.4, 0.5) is 0 Å². The molecule has 1 amide bonds. The molecular weight excluding hydrogens is 178 g/mol. The molecule has 2 aromatic rings. The van der Waals surface area contributed by atoms with Crippen LogP contribution in [0.2, 0.25) is 0 Å². The van der Waals surface area contributed by atoms with Crippen LogP contribution in [0.15, 0.2) is 18.2 Å². The van der Waals surface area contributed by atoms with Gasteiger partial charge in [-0.05, 0) is 12.1 Å². The van der Waals surface area contributed by atoms with Gasteiger partial charge in [-0.2, -0.15) is 5.10 Å². The Morgan fingerprint density at radius 1 is 1.50 bits per heavy atom. The number of carbonyl (C=O) groups excluding carboxylic acids is 1. The Balaban J connectivity index is 2.53. The second-order valence-corrected chi connectivity index (χ2v) is 3.45. The van der Waals surface area contributed by atoms with Gasteiger partial charge in [0.25, 0.3) is 5.91 Å². The molecule has 2 heterocycles. The average molecular weight is 187 g/mol. The first-order chi connectivity index (χ1) is 6.77. The zero-order valence-corrected chi connectivity index (χ0v) is 7.74. The van der Waals surface area contributed by atoms with Crippen LogP contribution >= 0.6 is 0 Å². The van der Waals surface area contributed by atoms with Crippen molar-refractivity contribution in [2.24, 2.45) is 7.05 Å². The molecule has 3 rings (SSSR count). The van der Waals surface area contributed by atoms with Crippen molar-refractivity contribution >= 4 is 16.8 Å². The lowest BCUT2D eigenvalue weighted by Crippen LogP contribution is -2.27. The van der Waals surface area contributed by atoms with E-state index >= 15 is 0 Å². The number of aryl methyl sites for hydroxylation is 1. The van der Waals surface area contributed by atoms with E-state index < -0.39 is 0 Å². The van der Waals surface area contributed by atoms with Crippen LogP contribution in [0.1, 0.15) is 16.1 Å². The van der Waals surface area contributed by atoms with Crippen LogP contribution in [-0.4, -0.2) is 15.7 Å². The van der Waals surface area contributed by atoms with E-state index in [1.54, 1.807) is 0 Å². The summed E-state index contributed by atoms with van der Waals surface area (Å²) in [6, 6.07) is 5.70. The first-order valence-corrected chi connectivity index (χ1v) is 4.50. The van der Waals surface area contributed by atoms with Crippen LogP contribution in [0.25, 0.3) is 10.9 Å². The Morgan fingerprint density at radius 3 is 3.21 bits per heavy atom. The molecule has 1 N–H and O–H groups in total. The maximum Gasteiger partial charge on any atom is 0.252 e. The van der Waals surface area contributed by atoms with Crippen molar-refractivity contribution in [1.29, 1.82) is 0 Å². The van der Waals surface area contributed by atoms with E-state index in [-0.39, 0.29) is 5.91 Å². The molecule has 0 aliphatic carbocycles. The van der Waals surface area contributed by atoms with Gasteiger partial charge in [-0.1, -0.05) is 6.07 Å². The van der Waals surface area contributed by atoms with Gasteiger partial charge in [-0.25, -0.2) is 0 Å². The molecular formula is C10H9N3O. The second-order valence-electron chi connectivity index (χ2n) is 3.45. The molecule has 70 valence electrons. The van der Waals surface area contributed by atoms with E-state index in [0.717, 1.165) is 22.2 Å². The highest BCUT2D eigenvalue weighted by Crippen LogP contribution is 2.24. The predicted molar refractivity (Wildman–Crippen MR) is 51.9 cm³/mol. The summed E-state index contributed by atoms with van der Waals surface area (Å²) in [5.74, 6) is -0.00361. The van der Waals surface area contributed by atoms with Gasteiger partial charge in [0, 0.05) is 12.4 Å². The topological polar surface area (TPSA) is 46.9 Å². The Bertz CT molecular complexity index is 542. The number of hydrogen-bond donors (Lipinski definition) is 1. The highest BCUT2D eigenvalue weighted by molar-refractivity contribution is 6.08. The minimum Gasteiger partial charge on any atom is -0.346 e. The number of amides is 1. The fourth-order valence-corrected chi connectivity index (χ4v) is 1.97. The van der Waals surface area contributed by atoms with Crippen molar-refractivity contribution in [3.8, 4) is 0 Å². The standard InChI is InChI=1S/C10H9N3O/c1-13-8-4-2-3-6-9(8)7(12-13)5-11-10(6)14/h2-4H,5H2,1H3,(H,11,14). The number of aromatic nitrogens is 2. The van der Waals surface area contributed by atoms with Gasteiger partial charge in [0.05, 0.1) is 23.3 Å². The molecule has 4 heteroatoms. The molecule has 0 unspecified atom stereocenters. The molecule has 0 saturated carbocycles. The number of hydrogen-bond acceptors (Lipinski definition) is 2. The van der Waals surface area contributed by atoms with Crippen molar-refractivity contribution < 1.29 is 4.79 Å². The van der Waals surface area contributed by atoms with Gasteiger partial charge in [0.15, 0.2) is 0 Å². The van der Waals surface area contributed by atoms with Crippen molar-refractivity contribution in [1.82, 2.24) is 15.1 Å². The highest BCUT2D eigenvalue weighted by atomic mass is 16.1. The Kier molecular flexibility index (Phi) is 1.27. The summed E-state index contributed by atoms with van der Waals surface area (Å²) in [6.07, 6.45) is 0. The normalized spacial score (nSPS) is 14.5. The molecule has 0 radical (unpaired) electrons. The molecule has 0 bridgehead atoms. The predicted octanol–water partition coefficient (Wildman–Crippen LogP) is 0.817. The molecule has 1 aromatic heterocycles. The van der Waals surface area contributed by atoms with E-state index in [1.807, 2.05) is 29.9 Å². The lowest BCUT2D eigenvalue weighted by atomic mass is 10.0. The monoisotopic (exact) mass is 187 g/mol. The summed E-state index contributed by atoms with van der Waals surface area (Å²) in [5, 5.41) is 8.15. The summed E-state index contributed by atoms with van der Waals surface area (Å²) < 4.78 is 1.81. The van der Waals surface area contributed by atoms with Gasteiger partial charge in [0.1, 0.15) is 0 Å². The second kappa shape index (κ2) is 2.35. The summed E-state index contributed by atoms with van der Waals surface area (Å²) in [7, 11) is 1.89. The Morgan fingerprint density at radius 2 is 2.36 bits per heavy atom. The van der Waals surface area contributed by atoms with Crippen molar-refractivity contribution in [2.45, 2.75) is 6.54 Å². The van der Waals surface area contributed by atoms with Gasteiger partial charge in [0.2, 0.25) is 0 Å². The minimum atomic E-state index is -0.00361. The molecule has 0 spiro atoms. The van der Waals surface area contributed by atoms with Crippen LogP contribution in [0.3, 0.4) is 0 Å². The lowest BCUT2D eigenvalue weighted by molar-refractivity contribution is 0.0949. The first-order valence-electron chi connectivity index (χ1n) is 4.50. The van der Waals surface area contributed by atoms with Crippen molar-refractivity contribution in [2.75, 3.05) is 0 Å². The molecule has 1 aliphatic heterocycles. The Hall–Kier alpha value is -1.84. The number of nitrogens with zero attached hydrogens (tertiary/aromatic N) is 2. The minimum absolute atomic E-state index is 0.00361. The van der Waals surface area contributed by atoms with Crippen LogP contribution in [-0.2, 0) is 13.6 Å². The van der Waals surface area contributed by atoms with E-state index in [4.69, 9.17) is 0 Å². The fraction of sp³-hybridized carbons (Fsp3) is 0.200. The first kappa shape index (κ1) is 7.55. The van der Waals surface area contributed by atoms with E-state index in [0.29, 0.717) is 6.54 Å². The molecule has 14 heavy (non-hydrogen) atoms. The number of rotatable bonds is 0. The van der Waals surface area contributed by atoms with Crippen LogP contribution < -0.4 is 5.32 Å². The van der Waals surface area contributed by atoms with Crippen molar-refractivity contribution in [3.63, 3.8) is 0 Å². The van der Waals surface area contributed by atoms with Crippen LogP contribution in [0.5, 0.6) is 0 Å². The molecule has 0 saturated heterocycles. The van der Waals surface area contributed by atoms with E-state index in [2.05, 4.69) is 10.4 Å². The average Bonchev–Trinajstić information content (AvgIpc) is 2.52. The summed E-state index contributed by atoms with van der Waals surface area (Å²) in [5.41, 5.74) is 2.71. The molecule has 0 atom stereocenters. The largest absolute Gasteiger partial charge is 0.346 e. The maximum atomic E-state index is 11.5. The van der Waals surface area contributed by atoms with Gasteiger partial charge < -0.3 is 5.32 Å². The zero-order chi connectivity index (χ0) is 9.71. The molecule has 0 fully saturated rings. The van der Waals surface area contributed by atoms with Crippen molar-refractivity contribution in [3.05, 3.63) is 29.5 Å². The van der Waals surface area contributed by atoms with Gasteiger partial charge in [-0.15, -0.1) is 0 Å². The smallest absolute Gasteiger partial charge is 0.252 e.